The van der Waals surface area contributed by atoms with Crippen LogP contribution < -0.4 is 0 Å². The Balaban J connectivity index is 2.23. The van der Waals surface area contributed by atoms with Gasteiger partial charge in [-0.2, -0.15) is 0 Å². The maximum Gasteiger partial charge on any atom is 0.146 e. The number of carbonyl (C=O) groups excluding carboxylic acids is 1. The number of Topliss-reactive ketones (excluding diaryl/α,β-unsaturated/α-hetero) is 1. The number of rotatable bonds is 3. The summed E-state index contributed by atoms with van der Waals surface area (Å²) in [5.41, 5.74) is 0. The first-order chi connectivity index (χ1) is 5.22. The van der Waals surface area contributed by atoms with Gasteiger partial charge in [0.05, 0.1) is 12.6 Å². The molecule has 0 spiro atoms. The van der Waals surface area contributed by atoms with E-state index in [2.05, 4.69) is 0 Å². The van der Waals surface area contributed by atoms with Crippen LogP contribution in [0.5, 0.6) is 0 Å². The summed E-state index contributed by atoms with van der Waals surface area (Å²) in [4.78, 5) is 13.0. The Labute approximate surface area is 67.0 Å². The van der Waals surface area contributed by atoms with Crippen LogP contribution in [0.3, 0.4) is 0 Å². The fraction of sp³-hybridized carbons (Fsp3) is 0.875. The number of likely N-dealkylation sites (tertiary alicyclic amines) is 1. The summed E-state index contributed by atoms with van der Waals surface area (Å²) in [6, 6.07) is 0. The SMILES string of the molecule is CCC(=O)CN1CCC(O)C1. The van der Waals surface area contributed by atoms with E-state index in [0.29, 0.717) is 19.5 Å². The van der Waals surface area contributed by atoms with Crippen LogP contribution in [0.25, 0.3) is 0 Å². The molecule has 1 saturated heterocycles. The number of aliphatic hydroxyl groups is 1. The largest absolute Gasteiger partial charge is 0.392 e. The molecule has 1 aliphatic rings. The molecular formula is C8H15NO2. The van der Waals surface area contributed by atoms with Crippen molar-refractivity contribution in [1.82, 2.24) is 4.90 Å². The van der Waals surface area contributed by atoms with Crippen LogP contribution >= 0.6 is 0 Å². The molecule has 1 fully saturated rings. The topological polar surface area (TPSA) is 40.5 Å². The van der Waals surface area contributed by atoms with Gasteiger partial charge in [-0.1, -0.05) is 6.92 Å². The standard InChI is InChI=1S/C8H15NO2/c1-2-7(10)5-9-4-3-8(11)6-9/h8,11H,2-6H2,1H3. The predicted octanol–water partition coefficient (Wildman–Crippen LogP) is 0.0321. The smallest absolute Gasteiger partial charge is 0.146 e. The molecule has 0 aliphatic carbocycles. The van der Waals surface area contributed by atoms with Crippen molar-refractivity contribution < 1.29 is 9.90 Å². The zero-order valence-electron chi connectivity index (χ0n) is 6.92. The van der Waals surface area contributed by atoms with E-state index in [4.69, 9.17) is 5.11 Å². The Bertz CT molecular complexity index is 147. The van der Waals surface area contributed by atoms with Gasteiger partial charge in [0, 0.05) is 19.5 Å². The van der Waals surface area contributed by atoms with Gasteiger partial charge >= 0.3 is 0 Å². The lowest BCUT2D eigenvalue weighted by atomic mass is 10.3. The first-order valence-corrected chi connectivity index (χ1v) is 4.14. The van der Waals surface area contributed by atoms with Gasteiger partial charge < -0.3 is 5.11 Å². The van der Waals surface area contributed by atoms with Gasteiger partial charge in [0.2, 0.25) is 0 Å². The summed E-state index contributed by atoms with van der Waals surface area (Å²) in [6.07, 6.45) is 1.21. The first-order valence-electron chi connectivity index (χ1n) is 4.14. The maximum atomic E-state index is 11.0. The van der Waals surface area contributed by atoms with E-state index in [1.807, 2.05) is 11.8 Å². The molecule has 1 N–H and O–H groups in total. The van der Waals surface area contributed by atoms with E-state index < -0.39 is 0 Å². The van der Waals surface area contributed by atoms with Crippen molar-refractivity contribution in [1.29, 1.82) is 0 Å². The van der Waals surface area contributed by atoms with Crippen LogP contribution in [-0.2, 0) is 4.79 Å². The van der Waals surface area contributed by atoms with Gasteiger partial charge in [0.1, 0.15) is 5.78 Å². The Morgan fingerprint density at radius 1 is 1.73 bits per heavy atom. The molecule has 1 heterocycles. The number of nitrogens with zero attached hydrogens (tertiary/aromatic N) is 1. The van der Waals surface area contributed by atoms with Crippen LogP contribution in [0.1, 0.15) is 19.8 Å². The van der Waals surface area contributed by atoms with E-state index >= 15 is 0 Å². The quantitative estimate of drug-likeness (QED) is 0.628. The van der Waals surface area contributed by atoms with Crippen molar-refractivity contribution in [2.45, 2.75) is 25.9 Å². The summed E-state index contributed by atoms with van der Waals surface area (Å²) in [5, 5.41) is 9.13. The molecule has 0 aromatic rings. The number of ketones is 1. The molecule has 1 unspecified atom stereocenters. The zero-order chi connectivity index (χ0) is 8.27. The third-order valence-corrected chi connectivity index (χ3v) is 2.04. The summed E-state index contributed by atoms with van der Waals surface area (Å²) in [5.74, 6) is 0.263. The van der Waals surface area contributed by atoms with Crippen LogP contribution in [0, 0.1) is 0 Å². The highest BCUT2D eigenvalue weighted by Gasteiger charge is 2.20. The third-order valence-electron chi connectivity index (χ3n) is 2.04. The van der Waals surface area contributed by atoms with Gasteiger partial charge in [0.15, 0.2) is 0 Å². The summed E-state index contributed by atoms with van der Waals surface area (Å²) in [7, 11) is 0. The molecule has 64 valence electrons. The lowest BCUT2D eigenvalue weighted by Gasteiger charge is -2.12. The van der Waals surface area contributed by atoms with Crippen LogP contribution in [0.15, 0.2) is 0 Å². The molecule has 1 atom stereocenters. The average Bonchev–Trinajstić information content (AvgIpc) is 2.35. The van der Waals surface area contributed by atoms with E-state index in [0.717, 1.165) is 13.0 Å². The lowest BCUT2D eigenvalue weighted by molar-refractivity contribution is -0.119. The lowest BCUT2D eigenvalue weighted by Crippen LogP contribution is -2.28. The highest BCUT2D eigenvalue weighted by atomic mass is 16.3. The minimum atomic E-state index is -0.209. The molecule has 0 bridgehead atoms. The fourth-order valence-corrected chi connectivity index (χ4v) is 1.32. The van der Waals surface area contributed by atoms with Crippen LogP contribution in [0.2, 0.25) is 0 Å². The van der Waals surface area contributed by atoms with Crippen molar-refractivity contribution in [3.8, 4) is 0 Å². The molecule has 3 nitrogen and oxygen atoms in total. The van der Waals surface area contributed by atoms with Crippen molar-refractivity contribution in [2.24, 2.45) is 0 Å². The van der Waals surface area contributed by atoms with Crippen LogP contribution in [0.4, 0.5) is 0 Å². The van der Waals surface area contributed by atoms with Crippen LogP contribution in [-0.4, -0.2) is 41.5 Å². The second-order valence-corrected chi connectivity index (χ2v) is 3.07. The molecule has 0 amide bonds. The monoisotopic (exact) mass is 157 g/mol. The average molecular weight is 157 g/mol. The summed E-state index contributed by atoms with van der Waals surface area (Å²) in [6.45, 7) is 3.93. The molecule has 0 saturated carbocycles. The zero-order valence-corrected chi connectivity index (χ0v) is 6.92. The van der Waals surface area contributed by atoms with Gasteiger partial charge in [0.25, 0.3) is 0 Å². The highest BCUT2D eigenvalue weighted by Crippen LogP contribution is 2.07. The number of β-amino-alcohol motifs (C(OH)–C–C–N with tert-alkyl or cyclic N) is 1. The summed E-state index contributed by atoms with van der Waals surface area (Å²) >= 11 is 0. The first kappa shape index (κ1) is 8.68. The maximum absolute atomic E-state index is 11.0. The fourth-order valence-electron chi connectivity index (χ4n) is 1.32. The Morgan fingerprint density at radius 3 is 2.91 bits per heavy atom. The molecule has 3 heteroatoms. The number of carbonyl (C=O) groups is 1. The second-order valence-electron chi connectivity index (χ2n) is 3.07. The van der Waals surface area contributed by atoms with E-state index in [1.54, 1.807) is 0 Å². The normalized spacial score (nSPS) is 25.8. The minimum Gasteiger partial charge on any atom is -0.392 e. The molecule has 0 aromatic heterocycles. The summed E-state index contributed by atoms with van der Waals surface area (Å²) < 4.78 is 0. The predicted molar refractivity (Wildman–Crippen MR) is 42.4 cm³/mol. The molecule has 11 heavy (non-hydrogen) atoms. The van der Waals surface area contributed by atoms with Crippen molar-refractivity contribution in [3.05, 3.63) is 0 Å². The van der Waals surface area contributed by atoms with Gasteiger partial charge in [-0.15, -0.1) is 0 Å². The Hall–Kier alpha value is -0.410. The highest BCUT2D eigenvalue weighted by molar-refractivity contribution is 5.80. The Morgan fingerprint density at radius 2 is 2.45 bits per heavy atom. The third kappa shape index (κ3) is 2.60. The van der Waals surface area contributed by atoms with Crippen molar-refractivity contribution >= 4 is 5.78 Å². The number of hydrogen-bond acceptors (Lipinski definition) is 3. The number of hydrogen-bond donors (Lipinski definition) is 1. The van der Waals surface area contributed by atoms with E-state index in [-0.39, 0.29) is 11.9 Å². The second kappa shape index (κ2) is 3.83. The Kier molecular flexibility index (Phi) is 3.02. The van der Waals surface area contributed by atoms with Crippen molar-refractivity contribution in [2.75, 3.05) is 19.6 Å². The van der Waals surface area contributed by atoms with E-state index in [1.165, 1.54) is 0 Å². The number of aliphatic hydroxyl groups excluding tert-OH is 1. The van der Waals surface area contributed by atoms with Gasteiger partial charge in [-0.3, -0.25) is 9.69 Å². The van der Waals surface area contributed by atoms with Crippen molar-refractivity contribution in [3.63, 3.8) is 0 Å². The molecule has 0 aromatic carbocycles. The molecule has 1 aliphatic heterocycles. The van der Waals surface area contributed by atoms with Gasteiger partial charge in [-0.05, 0) is 6.42 Å². The molecule has 1 rings (SSSR count). The molecular weight excluding hydrogens is 142 g/mol. The minimum absolute atomic E-state index is 0.209. The van der Waals surface area contributed by atoms with Gasteiger partial charge in [-0.25, -0.2) is 0 Å². The molecule has 0 radical (unpaired) electrons. The van der Waals surface area contributed by atoms with E-state index in [9.17, 15) is 4.79 Å².